The van der Waals surface area contributed by atoms with Gasteiger partial charge in [0.05, 0.1) is 24.6 Å². The van der Waals surface area contributed by atoms with Gasteiger partial charge < -0.3 is 29.7 Å². The van der Waals surface area contributed by atoms with Gasteiger partial charge in [-0.15, -0.1) is 0 Å². The van der Waals surface area contributed by atoms with Crippen molar-refractivity contribution in [1.82, 2.24) is 15.1 Å². The fourth-order valence-electron chi connectivity index (χ4n) is 7.82. The Kier molecular flexibility index (Phi) is 11.0. The number of hydrogen-bond donors (Lipinski definition) is 2. The number of nitrogens with zero attached hydrogens (tertiary/aromatic N) is 2. The lowest BCUT2D eigenvalue weighted by atomic mass is 9.74. The van der Waals surface area contributed by atoms with Gasteiger partial charge in [-0.25, -0.2) is 0 Å². The van der Waals surface area contributed by atoms with Crippen LogP contribution >= 0.6 is 15.9 Å². The van der Waals surface area contributed by atoms with E-state index in [0.717, 1.165) is 12.8 Å². The molecule has 3 amide bonds. The van der Waals surface area contributed by atoms with Crippen molar-refractivity contribution in [3.05, 3.63) is 58.6 Å². The van der Waals surface area contributed by atoms with Gasteiger partial charge in [-0.3, -0.25) is 19.2 Å². The van der Waals surface area contributed by atoms with Crippen molar-refractivity contribution in [2.75, 3.05) is 13.2 Å². The topological polar surface area (TPSA) is 125 Å². The number of esters is 1. The number of carbonyl (C=O) groups excluding carboxylic acids is 4. The number of aliphatic hydroxyl groups is 1. The molecule has 11 heteroatoms. The van der Waals surface area contributed by atoms with Gasteiger partial charge in [0, 0.05) is 23.5 Å². The third-order valence-corrected chi connectivity index (χ3v) is 11.1. The van der Waals surface area contributed by atoms with Crippen LogP contribution in [-0.2, 0) is 28.7 Å². The summed E-state index contributed by atoms with van der Waals surface area (Å²) < 4.78 is 13.5. The summed E-state index contributed by atoms with van der Waals surface area (Å²) in [5, 5.41) is 13.7. The number of cyclic esters (lactones) is 1. The number of ether oxygens (including phenoxy) is 2. The SMILES string of the molecule is CCCC(C)N1C/C=C\CCC(=O)N[C@H](C)[C@@H](c2ccccc2)OC(=O)[C@@H]2[C@H]3O[C@@]4(C=C3Br)[C@H](C1=O)N([C@@H](CO)[C@@H](C)CC)C(=O)[C@@H]24. The van der Waals surface area contributed by atoms with Crippen LogP contribution < -0.4 is 5.32 Å². The number of allylic oxidation sites excluding steroid dienone is 1. The number of nitrogens with one attached hydrogen (secondary N) is 1. The Morgan fingerprint density at radius 3 is 2.45 bits per heavy atom. The molecule has 2 fully saturated rings. The van der Waals surface area contributed by atoms with E-state index in [-0.39, 0.29) is 43.3 Å². The maximum Gasteiger partial charge on any atom is 0.313 e. The molecule has 4 aliphatic heterocycles. The number of rotatable bonds is 8. The van der Waals surface area contributed by atoms with Gasteiger partial charge in [-0.05, 0) is 44.2 Å². The molecule has 10 nitrogen and oxygen atoms in total. The third-order valence-electron chi connectivity index (χ3n) is 10.5. The summed E-state index contributed by atoms with van der Waals surface area (Å²) in [5.74, 6) is -3.74. The van der Waals surface area contributed by atoms with Gasteiger partial charge in [0.15, 0.2) is 0 Å². The van der Waals surface area contributed by atoms with Crippen LogP contribution in [0.2, 0.25) is 0 Å². The van der Waals surface area contributed by atoms with E-state index < -0.39 is 59.6 Å². The number of carbonyl (C=O) groups is 4. The molecule has 1 spiro atoms. The Hall–Kier alpha value is -3.02. The van der Waals surface area contributed by atoms with Crippen LogP contribution in [0.4, 0.5) is 0 Å². The molecule has 0 aromatic heterocycles. The molecule has 1 unspecified atom stereocenters. The Morgan fingerprint density at radius 2 is 1.79 bits per heavy atom. The minimum Gasteiger partial charge on any atom is -0.455 e. The van der Waals surface area contributed by atoms with Crippen molar-refractivity contribution in [1.29, 1.82) is 0 Å². The lowest BCUT2D eigenvalue weighted by molar-refractivity contribution is -0.162. The minimum atomic E-state index is -1.44. The smallest absolute Gasteiger partial charge is 0.313 e. The molecule has 5 bridgehead atoms. The second-order valence-corrected chi connectivity index (χ2v) is 14.4. The molecule has 4 aliphatic rings. The summed E-state index contributed by atoms with van der Waals surface area (Å²) in [4.78, 5) is 60.4. The molecule has 10 atom stereocenters. The van der Waals surface area contributed by atoms with Crippen molar-refractivity contribution in [2.45, 2.75) is 109 Å². The zero-order valence-electron chi connectivity index (χ0n) is 27.9. The quantitative estimate of drug-likeness (QED) is 0.302. The van der Waals surface area contributed by atoms with E-state index in [1.165, 1.54) is 4.90 Å². The van der Waals surface area contributed by atoms with Crippen molar-refractivity contribution in [3.8, 4) is 0 Å². The summed E-state index contributed by atoms with van der Waals surface area (Å²) in [6.45, 7) is 9.72. The standard InChI is InChI=1S/C36H48BrN3O7/c1-6-14-22(4)39-18-13-9-12-17-27(42)38-23(5)30(24-15-10-8-11-16-24)46-35(45)28-29-33(43)40(26(20-41)21(3)7-2)32(34(39)44)36(29)19-25(37)31(28)47-36/h8-11,13,15-16,19,21-23,26,28-32,41H,6-7,12,14,17-18,20H2,1-5H3,(H,38,42)/b13-9-/t21-,22?,23+,26-,28-,29+,30-,31-,32-,36+/m0/s1. The summed E-state index contributed by atoms with van der Waals surface area (Å²) in [6.07, 6.45) is 6.87. The maximum atomic E-state index is 15.0. The number of aliphatic hydroxyl groups excluding tert-OH is 1. The normalized spacial score (nSPS) is 34.0. The molecule has 2 saturated heterocycles. The van der Waals surface area contributed by atoms with E-state index in [1.54, 1.807) is 17.9 Å². The fraction of sp³-hybridized carbons (Fsp3) is 0.611. The molecule has 1 aromatic carbocycles. The van der Waals surface area contributed by atoms with E-state index in [0.29, 0.717) is 22.9 Å². The number of fused-ring (bicyclic) bond motifs is 2. The van der Waals surface area contributed by atoms with E-state index in [1.807, 2.05) is 63.3 Å². The molecule has 5 rings (SSSR count). The first-order chi connectivity index (χ1) is 22.5. The first-order valence-corrected chi connectivity index (χ1v) is 17.8. The van der Waals surface area contributed by atoms with Crippen LogP contribution in [0.25, 0.3) is 0 Å². The van der Waals surface area contributed by atoms with Crippen molar-refractivity contribution in [3.63, 3.8) is 0 Å². The number of halogens is 1. The zero-order chi connectivity index (χ0) is 34.0. The molecular weight excluding hydrogens is 666 g/mol. The predicted octanol–water partition coefficient (Wildman–Crippen LogP) is 4.42. The Labute approximate surface area is 286 Å². The van der Waals surface area contributed by atoms with Crippen molar-refractivity contribution in [2.24, 2.45) is 17.8 Å². The first-order valence-electron chi connectivity index (χ1n) is 17.0. The van der Waals surface area contributed by atoms with Gasteiger partial charge in [0.25, 0.3) is 0 Å². The molecular formula is C36H48BrN3O7. The van der Waals surface area contributed by atoms with Gasteiger partial charge in [-0.1, -0.05) is 92.0 Å². The van der Waals surface area contributed by atoms with Gasteiger partial charge >= 0.3 is 5.97 Å². The lowest BCUT2D eigenvalue weighted by Gasteiger charge is -2.41. The summed E-state index contributed by atoms with van der Waals surface area (Å²) in [6, 6.07) is 6.71. The average molecular weight is 715 g/mol. The highest BCUT2D eigenvalue weighted by molar-refractivity contribution is 9.11. The molecule has 4 heterocycles. The highest BCUT2D eigenvalue weighted by Crippen LogP contribution is 2.59. The predicted molar refractivity (Wildman–Crippen MR) is 180 cm³/mol. The summed E-state index contributed by atoms with van der Waals surface area (Å²) >= 11 is 3.62. The monoisotopic (exact) mass is 713 g/mol. The Bertz CT molecular complexity index is 1400. The second kappa shape index (κ2) is 14.6. The number of amides is 3. The minimum absolute atomic E-state index is 0.129. The van der Waals surface area contributed by atoms with E-state index in [9.17, 15) is 24.3 Å². The third kappa shape index (κ3) is 6.43. The van der Waals surface area contributed by atoms with Crippen molar-refractivity contribution < 1.29 is 33.8 Å². The average Bonchev–Trinajstić information content (AvgIpc) is 3.64. The van der Waals surface area contributed by atoms with Crippen LogP contribution in [0, 0.1) is 17.8 Å². The van der Waals surface area contributed by atoms with Crippen molar-refractivity contribution >= 4 is 39.6 Å². The first kappa shape index (κ1) is 35.3. The van der Waals surface area contributed by atoms with E-state index >= 15 is 0 Å². The highest BCUT2D eigenvalue weighted by Gasteiger charge is 2.75. The molecule has 1 aromatic rings. The van der Waals surface area contributed by atoms with Crippen LogP contribution in [0.15, 0.2) is 53.0 Å². The lowest BCUT2D eigenvalue weighted by Crippen LogP contribution is -2.60. The van der Waals surface area contributed by atoms with E-state index in [2.05, 4.69) is 28.2 Å². The largest absolute Gasteiger partial charge is 0.455 e. The molecule has 256 valence electrons. The zero-order valence-corrected chi connectivity index (χ0v) is 29.5. The maximum absolute atomic E-state index is 15.0. The molecule has 2 N–H and O–H groups in total. The molecule has 0 aliphatic carbocycles. The van der Waals surface area contributed by atoms with Crippen LogP contribution in [0.1, 0.15) is 78.4 Å². The summed E-state index contributed by atoms with van der Waals surface area (Å²) in [7, 11) is 0. The van der Waals surface area contributed by atoms with E-state index in [4.69, 9.17) is 9.47 Å². The number of hydrogen-bond acceptors (Lipinski definition) is 7. The fourth-order valence-corrected chi connectivity index (χ4v) is 8.56. The summed E-state index contributed by atoms with van der Waals surface area (Å²) in [5.41, 5.74) is -0.739. The molecule has 47 heavy (non-hydrogen) atoms. The van der Waals surface area contributed by atoms with Crippen LogP contribution in [0.3, 0.4) is 0 Å². The number of benzene rings is 1. The van der Waals surface area contributed by atoms with Crippen LogP contribution in [0.5, 0.6) is 0 Å². The molecule has 0 radical (unpaired) electrons. The van der Waals surface area contributed by atoms with Gasteiger partial charge in [0.2, 0.25) is 17.7 Å². The Balaban J connectivity index is 1.66. The highest BCUT2D eigenvalue weighted by atomic mass is 79.9. The van der Waals surface area contributed by atoms with Gasteiger partial charge in [-0.2, -0.15) is 0 Å². The number of likely N-dealkylation sites (tertiary alicyclic amines) is 1. The van der Waals surface area contributed by atoms with Crippen LogP contribution in [-0.4, -0.2) is 87.6 Å². The Morgan fingerprint density at radius 1 is 1.06 bits per heavy atom. The van der Waals surface area contributed by atoms with Gasteiger partial charge in [0.1, 0.15) is 29.8 Å². The second-order valence-electron chi connectivity index (χ2n) is 13.5. The molecule has 0 saturated carbocycles.